The molecule has 0 saturated heterocycles. The molecule has 3 aromatic carbocycles. The summed E-state index contributed by atoms with van der Waals surface area (Å²) in [6, 6.07) is 21.6. The maximum Gasteiger partial charge on any atom is 0.247 e. The van der Waals surface area contributed by atoms with Crippen molar-refractivity contribution in [1.29, 1.82) is 0 Å². The smallest absolute Gasteiger partial charge is 0.247 e. The number of rotatable bonds is 5. The molecule has 0 radical (unpaired) electrons. The van der Waals surface area contributed by atoms with Crippen molar-refractivity contribution in [2.75, 3.05) is 5.32 Å². The minimum atomic E-state index is -0.604. The van der Waals surface area contributed by atoms with Crippen molar-refractivity contribution in [3.63, 3.8) is 0 Å². The lowest BCUT2D eigenvalue weighted by atomic mass is 10.0. The summed E-state index contributed by atoms with van der Waals surface area (Å²) in [6.45, 7) is 4.05. The summed E-state index contributed by atoms with van der Waals surface area (Å²) in [5, 5.41) is 11.7. The van der Waals surface area contributed by atoms with Crippen LogP contribution in [-0.2, 0) is 0 Å². The zero-order valence-corrected chi connectivity index (χ0v) is 15.7. The minimum Gasteiger partial charge on any atom is -0.418 e. The second kappa shape index (κ2) is 7.64. The number of halogens is 1. The van der Waals surface area contributed by atoms with Crippen LogP contribution in [0, 0.1) is 19.7 Å². The normalized spacial score (nSPS) is 12.0. The minimum absolute atomic E-state index is 0.309. The molecule has 140 valence electrons. The van der Waals surface area contributed by atoms with Gasteiger partial charge in [-0.1, -0.05) is 54.1 Å². The largest absolute Gasteiger partial charge is 0.418 e. The van der Waals surface area contributed by atoms with Gasteiger partial charge in [0.05, 0.1) is 0 Å². The first kappa shape index (κ1) is 17.9. The van der Waals surface area contributed by atoms with E-state index in [0.717, 1.165) is 22.4 Å². The molecular weight excluding hydrogens is 353 g/mol. The molecule has 0 aliphatic rings. The summed E-state index contributed by atoms with van der Waals surface area (Å²) < 4.78 is 20.5. The number of nitrogens with one attached hydrogen (secondary N) is 1. The van der Waals surface area contributed by atoms with Crippen LogP contribution in [0.15, 0.2) is 77.2 Å². The first-order chi connectivity index (χ1) is 13.6. The maximum absolute atomic E-state index is 14.6. The van der Waals surface area contributed by atoms with Crippen molar-refractivity contribution in [3.05, 3.63) is 101 Å². The van der Waals surface area contributed by atoms with Gasteiger partial charge in [0, 0.05) is 16.8 Å². The number of aryl methyl sites for hydroxylation is 2. The van der Waals surface area contributed by atoms with Crippen LogP contribution in [0.1, 0.15) is 28.6 Å². The van der Waals surface area contributed by atoms with E-state index in [2.05, 4.69) is 21.6 Å². The third-order valence-electron chi connectivity index (χ3n) is 4.61. The predicted molar refractivity (Wildman–Crippen MR) is 108 cm³/mol. The Morgan fingerprint density at radius 2 is 1.64 bits per heavy atom. The zero-order chi connectivity index (χ0) is 19.5. The van der Waals surface area contributed by atoms with Gasteiger partial charge in [-0.25, -0.2) is 4.39 Å². The molecule has 1 atom stereocenters. The van der Waals surface area contributed by atoms with Crippen molar-refractivity contribution in [3.8, 4) is 11.5 Å². The monoisotopic (exact) mass is 373 g/mol. The van der Waals surface area contributed by atoms with E-state index < -0.39 is 6.04 Å². The highest BCUT2D eigenvalue weighted by Gasteiger charge is 2.24. The molecule has 28 heavy (non-hydrogen) atoms. The van der Waals surface area contributed by atoms with Crippen LogP contribution in [0.25, 0.3) is 11.5 Å². The molecule has 0 aliphatic heterocycles. The summed E-state index contributed by atoms with van der Waals surface area (Å²) in [5.41, 5.74) is 4.38. The van der Waals surface area contributed by atoms with Crippen molar-refractivity contribution in [2.24, 2.45) is 0 Å². The van der Waals surface area contributed by atoms with Crippen LogP contribution >= 0.6 is 0 Å². The zero-order valence-electron chi connectivity index (χ0n) is 15.7. The lowest BCUT2D eigenvalue weighted by molar-refractivity contribution is 0.485. The number of anilines is 1. The SMILES string of the molecule is Cc1ccc(N[C@@H](c2nnc(-c3ccccc3)o2)c2ccccc2F)c(C)c1. The average molecular weight is 373 g/mol. The van der Waals surface area contributed by atoms with Crippen LogP contribution in [-0.4, -0.2) is 10.2 Å². The highest BCUT2D eigenvalue weighted by atomic mass is 19.1. The maximum atomic E-state index is 14.6. The molecule has 5 heteroatoms. The van der Waals surface area contributed by atoms with Crippen molar-refractivity contribution >= 4 is 5.69 Å². The molecule has 1 N–H and O–H groups in total. The fraction of sp³-hybridized carbons (Fsp3) is 0.130. The van der Waals surface area contributed by atoms with E-state index in [-0.39, 0.29) is 5.82 Å². The number of hydrogen-bond donors (Lipinski definition) is 1. The Hall–Kier alpha value is -3.47. The molecule has 0 unspecified atom stereocenters. The van der Waals surface area contributed by atoms with Gasteiger partial charge in [0.25, 0.3) is 0 Å². The van der Waals surface area contributed by atoms with E-state index in [1.807, 2.05) is 56.3 Å². The Bertz CT molecular complexity index is 1090. The number of benzene rings is 3. The molecule has 1 aromatic heterocycles. The molecule has 0 spiro atoms. The van der Waals surface area contributed by atoms with Crippen LogP contribution in [0.2, 0.25) is 0 Å². The van der Waals surface area contributed by atoms with E-state index >= 15 is 0 Å². The molecule has 0 saturated carbocycles. The van der Waals surface area contributed by atoms with E-state index in [9.17, 15) is 4.39 Å². The van der Waals surface area contributed by atoms with Crippen molar-refractivity contribution in [1.82, 2.24) is 10.2 Å². The van der Waals surface area contributed by atoms with Gasteiger partial charge in [0.2, 0.25) is 11.8 Å². The fourth-order valence-corrected chi connectivity index (χ4v) is 3.16. The third kappa shape index (κ3) is 3.64. The van der Waals surface area contributed by atoms with Gasteiger partial charge < -0.3 is 9.73 Å². The Kier molecular flexibility index (Phi) is 4.89. The van der Waals surface area contributed by atoms with Gasteiger partial charge in [-0.3, -0.25) is 0 Å². The van der Waals surface area contributed by atoms with E-state index in [4.69, 9.17) is 4.42 Å². The first-order valence-electron chi connectivity index (χ1n) is 9.09. The molecular formula is C23H20FN3O. The molecule has 0 fully saturated rings. The van der Waals surface area contributed by atoms with Gasteiger partial charge in [0.1, 0.15) is 11.9 Å². The summed E-state index contributed by atoms with van der Waals surface area (Å²) in [6.07, 6.45) is 0. The fourth-order valence-electron chi connectivity index (χ4n) is 3.16. The molecule has 0 bridgehead atoms. The van der Waals surface area contributed by atoms with Crippen LogP contribution in [0.3, 0.4) is 0 Å². The molecule has 0 aliphatic carbocycles. The van der Waals surface area contributed by atoms with E-state index in [1.165, 1.54) is 6.07 Å². The molecule has 0 amide bonds. The summed E-state index contributed by atoms with van der Waals surface area (Å²) in [5.74, 6) is 0.382. The predicted octanol–water partition coefficient (Wildman–Crippen LogP) is 5.69. The second-order valence-corrected chi connectivity index (χ2v) is 6.73. The van der Waals surface area contributed by atoms with E-state index in [0.29, 0.717) is 17.3 Å². The first-order valence-corrected chi connectivity index (χ1v) is 9.09. The van der Waals surface area contributed by atoms with E-state index in [1.54, 1.807) is 18.2 Å². The van der Waals surface area contributed by atoms with Gasteiger partial charge in [0.15, 0.2) is 0 Å². The lowest BCUT2D eigenvalue weighted by Crippen LogP contribution is -2.15. The van der Waals surface area contributed by atoms with Gasteiger partial charge in [-0.15, -0.1) is 10.2 Å². The second-order valence-electron chi connectivity index (χ2n) is 6.73. The number of nitrogens with zero attached hydrogens (tertiary/aromatic N) is 2. The van der Waals surface area contributed by atoms with Crippen molar-refractivity contribution in [2.45, 2.75) is 19.9 Å². The summed E-state index contributed by atoms with van der Waals surface area (Å²) >= 11 is 0. The Balaban J connectivity index is 1.76. The average Bonchev–Trinajstić information content (AvgIpc) is 3.19. The Labute approximate surface area is 163 Å². The quantitative estimate of drug-likeness (QED) is 0.488. The highest BCUT2D eigenvalue weighted by Crippen LogP contribution is 2.31. The van der Waals surface area contributed by atoms with Crippen molar-refractivity contribution < 1.29 is 8.81 Å². The molecule has 4 rings (SSSR count). The molecule has 1 heterocycles. The topological polar surface area (TPSA) is 51.0 Å². The summed E-state index contributed by atoms with van der Waals surface area (Å²) in [7, 11) is 0. The summed E-state index contributed by atoms with van der Waals surface area (Å²) in [4.78, 5) is 0. The Morgan fingerprint density at radius 3 is 2.39 bits per heavy atom. The van der Waals surface area contributed by atoms with Crippen LogP contribution < -0.4 is 5.32 Å². The van der Waals surface area contributed by atoms with Crippen LogP contribution in [0.5, 0.6) is 0 Å². The Morgan fingerprint density at radius 1 is 0.893 bits per heavy atom. The lowest BCUT2D eigenvalue weighted by Gasteiger charge is -2.19. The number of aromatic nitrogens is 2. The van der Waals surface area contributed by atoms with Gasteiger partial charge in [-0.05, 0) is 43.7 Å². The standard InChI is InChI=1S/C23H20FN3O/c1-15-12-13-20(16(2)14-15)25-21(18-10-6-7-11-19(18)24)23-27-26-22(28-23)17-8-4-3-5-9-17/h3-14,21,25H,1-2H3/t21-/m1/s1. The molecule has 4 aromatic rings. The van der Waals surface area contributed by atoms with Gasteiger partial charge in [-0.2, -0.15) is 0 Å². The van der Waals surface area contributed by atoms with Crippen LogP contribution in [0.4, 0.5) is 10.1 Å². The van der Waals surface area contributed by atoms with Gasteiger partial charge >= 0.3 is 0 Å². The number of hydrogen-bond acceptors (Lipinski definition) is 4. The third-order valence-corrected chi connectivity index (χ3v) is 4.61. The highest BCUT2D eigenvalue weighted by molar-refractivity contribution is 5.55. The molecule has 4 nitrogen and oxygen atoms in total.